The molecule has 0 bridgehead atoms. The first-order chi connectivity index (χ1) is 7.46. The molecule has 1 aromatic heterocycles. The summed E-state index contributed by atoms with van der Waals surface area (Å²) in [6.07, 6.45) is 1.17. The van der Waals surface area contributed by atoms with Crippen molar-refractivity contribution in [2.24, 2.45) is 0 Å². The maximum atomic E-state index is 12.8. The number of alkyl halides is 2. The van der Waals surface area contributed by atoms with Gasteiger partial charge in [-0.2, -0.15) is 0 Å². The molecule has 0 saturated carbocycles. The van der Waals surface area contributed by atoms with E-state index in [2.05, 4.69) is 15.6 Å². The van der Waals surface area contributed by atoms with E-state index >= 15 is 0 Å². The van der Waals surface area contributed by atoms with Crippen LogP contribution in [0.2, 0.25) is 0 Å². The number of nitrogens with one attached hydrogen (secondary N) is 2. The molecule has 1 atom stereocenters. The normalized spacial score (nSPS) is 21.9. The summed E-state index contributed by atoms with van der Waals surface area (Å²) in [5, 5.41) is 5.45. The molecular weight excluding hydrogens is 272 g/mol. The monoisotopic (exact) mass is 283 g/mol. The Bertz CT molecular complexity index is 413. The highest BCUT2D eigenvalue weighted by Gasteiger charge is 2.42. The number of aryl methyl sites for hydroxylation is 1. The van der Waals surface area contributed by atoms with Gasteiger partial charge in [-0.15, -0.1) is 23.7 Å². The lowest BCUT2D eigenvalue weighted by atomic mass is 10.2. The molecule has 1 unspecified atom stereocenters. The fourth-order valence-corrected chi connectivity index (χ4v) is 2.17. The molecule has 2 rings (SSSR count). The molecule has 1 amide bonds. The van der Waals surface area contributed by atoms with Crippen LogP contribution in [0.15, 0.2) is 6.20 Å². The minimum Gasteiger partial charge on any atom is -0.301 e. The zero-order valence-corrected chi connectivity index (χ0v) is 10.6. The minimum absolute atomic E-state index is 0. The van der Waals surface area contributed by atoms with Gasteiger partial charge < -0.3 is 5.32 Å². The topological polar surface area (TPSA) is 54.0 Å². The molecule has 0 aromatic carbocycles. The van der Waals surface area contributed by atoms with E-state index in [9.17, 15) is 13.6 Å². The van der Waals surface area contributed by atoms with Crippen LogP contribution in [0.1, 0.15) is 11.3 Å². The molecule has 1 aromatic rings. The number of carbonyl (C=O) groups excluding carboxylic acids is 1. The van der Waals surface area contributed by atoms with E-state index in [0.29, 0.717) is 5.13 Å². The van der Waals surface area contributed by atoms with Crippen LogP contribution in [0, 0.1) is 6.92 Å². The van der Waals surface area contributed by atoms with Gasteiger partial charge in [0.25, 0.3) is 5.92 Å². The molecule has 0 spiro atoms. The Hall–Kier alpha value is -0.790. The summed E-state index contributed by atoms with van der Waals surface area (Å²) in [4.78, 5) is 16.5. The average molecular weight is 284 g/mol. The summed E-state index contributed by atoms with van der Waals surface area (Å²) in [6.45, 7) is 1.41. The number of halogens is 3. The average Bonchev–Trinajstić information content (AvgIpc) is 2.72. The second kappa shape index (κ2) is 5.24. The second-order valence-corrected chi connectivity index (χ2v) is 4.99. The van der Waals surface area contributed by atoms with Crippen molar-refractivity contribution in [1.82, 2.24) is 10.3 Å². The summed E-state index contributed by atoms with van der Waals surface area (Å²) in [7, 11) is 0. The third kappa shape index (κ3) is 3.58. The van der Waals surface area contributed by atoms with Crippen molar-refractivity contribution >= 4 is 34.8 Å². The molecule has 96 valence electrons. The van der Waals surface area contributed by atoms with E-state index in [0.717, 1.165) is 4.88 Å². The SMILES string of the molecule is Cc1cnc(NC(=O)C2CC(F)(F)CN2)s1.Cl. The molecule has 1 saturated heterocycles. The number of carbonyl (C=O) groups is 1. The van der Waals surface area contributed by atoms with E-state index < -0.39 is 30.8 Å². The van der Waals surface area contributed by atoms with Gasteiger partial charge in [0.2, 0.25) is 5.91 Å². The summed E-state index contributed by atoms with van der Waals surface area (Å²) in [6, 6.07) is -0.834. The van der Waals surface area contributed by atoms with Crippen LogP contribution in [0.25, 0.3) is 0 Å². The van der Waals surface area contributed by atoms with E-state index in [1.54, 1.807) is 6.20 Å². The van der Waals surface area contributed by atoms with Gasteiger partial charge in [-0.3, -0.25) is 10.1 Å². The zero-order chi connectivity index (χ0) is 11.8. The first kappa shape index (κ1) is 14.3. The molecule has 0 radical (unpaired) electrons. The van der Waals surface area contributed by atoms with E-state index in [1.165, 1.54) is 11.3 Å². The summed E-state index contributed by atoms with van der Waals surface area (Å²) in [5.74, 6) is -3.24. The highest BCUT2D eigenvalue weighted by atomic mass is 35.5. The van der Waals surface area contributed by atoms with Crippen molar-refractivity contribution in [2.45, 2.75) is 25.3 Å². The molecule has 0 aliphatic carbocycles. The smallest absolute Gasteiger partial charge is 0.262 e. The third-order valence-corrected chi connectivity index (χ3v) is 3.11. The summed E-state index contributed by atoms with van der Waals surface area (Å²) in [5.41, 5.74) is 0. The second-order valence-electron chi connectivity index (χ2n) is 3.76. The quantitative estimate of drug-likeness (QED) is 0.870. The zero-order valence-electron chi connectivity index (χ0n) is 9.00. The molecule has 2 N–H and O–H groups in total. The molecule has 1 aliphatic heterocycles. The van der Waals surface area contributed by atoms with E-state index in [-0.39, 0.29) is 12.4 Å². The number of hydrogen-bond acceptors (Lipinski definition) is 4. The lowest BCUT2D eigenvalue weighted by Crippen LogP contribution is -2.35. The number of hydrogen-bond donors (Lipinski definition) is 2. The third-order valence-electron chi connectivity index (χ3n) is 2.28. The molecule has 1 fully saturated rings. The van der Waals surface area contributed by atoms with Crippen molar-refractivity contribution in [3.05, 3.63) is 11.1 Å². The molecule has 8 heteroatoms. The van der Waals surface area contributed by atoms with Crippen LogP contribution in [-0.2, 0) is 4.79 Å². The maximum absolute atomic E-state index is 12.8. The Morgan fingerprint density at radius 3 is 2.88 bits per heavy atom. The number of aromatic nitrogens is 1. The number of thiazole rings is 1. The van der Waals surface area contributed by atoms with Gasteiger partial charge >= 0.3 is 0 Å². The highest BCUT2D eigenvalue weighted by molar-refractivity contribution is 7.15. The van der Waals surface area contributed by atoms with Crippen molar-refractivity contribution in [1.29, 1.82) is 0 Å². The molecule has 1 aliphatic rings. The lowest BCUT2D eigenvalue weighted by Gasteiger charge is -2.08. The van der Waals surface area contributed by atoms with E-state index in [4.69, 9.17) is 0 Å². The first-order valence-electron chi connectivity index (χ1n) is 4.81. The summed E-state index contributed by atoms with van der Waals surface area (Å²) < 4.78 is 25.7. The van der Waals surface area contributed by atoms with Gasteiger partial charge in [-0.05, 0) is 6.92 Å². The fraction of sp³-hybridized carbons (Fsp3) is 0.556. The number of amides is 1. The number of nitrogens with zero attached hydrogens (tertiary/aromatic N) is 1. The Kier molecular flexibility index (Phi) is 4.40. The Morgan fingerprint density at radius 2 is 2.41 bits per heavy atom. The van der Waals surface area contributed by atoms with Crippen molar-refractivity contribution in [2.75, 3.05) is 11.9 Å². The first-order valence-corrected chi connectivity index (χ1v) is 5.62. The Balaban J connectivity index is 0.00000144. The van der Waals surface area contributed by atoms with Gasteiger partial charge in [-0.25, -0.2) is 13.8 Å². The highest BCUT2D eigenvalue weighted by Crippen LogP contribution is 2.26. The maximum Gasteiger partial charge on any atom is 0.262 e. The predicted molar refractivity (Wildman–Crippen MR) is 64.1 cm³/mol. The van der Waals surface area contributed by atoms with Gasteiger partial charge in [0, 0.05) is 17.5 Å². The standard InChI is InChI=1S/C9H11F2N3OS.ClH/c1-5-3-12-8(16-5)14-7(15)6-2-9(10,11)4-13-6;/h3,6,13H,2,4H2,1H3,(H,12,14,15);1H. The molecule has 2 heterocycles. The van der Waals surface area contributed by atoms with E-state index in [1.807, 2.05) is 6.92 Å². The largest absolute Gasteiger partial charge is 0.301 e. The Morgan fingerprint density at radius 1 is 1.71 bits per heavy atom. The molecular formula is C9H12ClF2N3OS. The fourth-order valence-electron chi connectivity index (χ4n) is 1.51. The van der Waals surface area contributed by atoms with Crippen LogP contribution in [0.5, 0.6) is 0 Å². The van der Waals surface area contributed by atoms with Gasteiger partial charge in [0.15, 0.2) is 5.13 Å². The van der Waals surface area contributed by atoms with Crippen LogP contribution < -0.4 is 10.6 Å². The molecule has 17 heavy (non-hydrogen) atoms. The summed E-state index contributed by atoms with van der Waals surface area (Å²) >= 11 is 1.32. The van der Waals surface area contributed by atoms with Gasteiger partial charge in [-0.1, -0.05) is 0 Å². The van der Waals surface area contributed by atoms with Crippen LogP contribution in [-0.4, -0.2) is 29.4 Å². The van der Waals surface area contributed by atoms with Crippen LogP contribution >= 0.6 is 23.7 Å². The van der Waals surface area contributed by atoms with Gasteiger partial charge in [0.05, 0.1) is 12.6 Å². The van der Waals surface area contributed by atoms with Crippen LogP contribution in [0.3, 0.4) is 0 Å². The number of rotatable bonds is 2. The van der Waals surface area contributed by atoms with Gasteiger partial charge in [0.1, 0.15) is 0 Å². The van der Waals surface area contributed by atoms with Crippen molar-refractivity contribution in [3.8, 4) is 0 Å². The van der Waals surface area contributed by atoms with Crippen LogP contribution in [0.4, 0.5) is 13.9 Å². The molecule has 4 nitrogen and oxygen atoms in total. The minimum atomic E-state index is -2.79. The number of anilines is 1. The van der Waals surface area contributed by atoms with Crippen molar-refractivity contribution in [3.63, 3.8) is 0 Å². The predicted octanol–water partition coefficient (Wildman–Crippen LogP) is 1.81. The Labute approximate surface area is 107 Å². The van der Waals surface area contributed by atoms with Crippen molar-refractivity contribution < 1.29 is 13.6 Å². The lowest BCUT2D eigenvalue weighted by molar-refractivity contribution is -0.118.